The van der Waals surface area contributed by atoms with Gasteiger partial charge in [0.05, 0.1) is 0 Å². The molecule has 2 saturated heterocycles. The predicted molar refractivity (Wildman–Crippen MR) is 182 cm³/mol. The first kappa shape index (κ1) is 38.6. The van der Waals surface area contributed by atoms with Gasteiger partial charge in [-0.05, 0) is 0 Å². The second kappa shape index (κ2) is 21.3. The summed E-state index contributed by atoms with van der Waals surface area (Å²) in [4.78, 5) is 0. The number of ether oxygens (including phenoxy) is 2. The molecule has 2 fully saturated rings. The standard InChI is InChI=1S/C11H18O4.6C4H9.2Sn/c1-2-8-3-4-11(14-6-8)5-9(12)10(13)7-15-11;6*1-3-4-2;;/h8-10H,2-7H2,1H3;6*1,3-4H2,2H3;;/q-2;;;;;;;2*+1/t8-,9+,10-,11-;;;;;;;;/m1......../s1. The van der Waals surface area contributed by atoms with Crippen molar-refractivity contribution in [3.05, 3.63) is 0 Å². The van der Waals surface area contributed by atoms with Crippen LogP contribution in [0.1, 0.15) is 151 Å². The molecule has 0 aromatic rings. The zero-order valence-corrected chi connectivity index (χ0v) is 34.5. The Labute approximate surface area is 266 Å². The monoisotopic (exact) mass is 796 g/mol. The van der Waals surface area contributed by atoms with E-state index < -0.39 is 43.4 Å². The van der Waals surface area contributed by atoms with Crippen molar-refractivity contribution in [3.63, 3.8) is 0 Å². The molecular weight excluding hydrogens is 722 g/mol. The predicted octanol–water partition coefficient (Wildman–Crippen LogP) is 11.4. The van der Waals surface area contributed by atoms with E-state index in [4.69, 9.17) is 15.6 Å². The van der Waals surface area contributed by atoms with Crippen LogP contribution in [0.4, 0.5) is 0 Å². The molecule has 0 unspecified atom stereocenters. The molecule has 0 radical (unpaired) electrons. The Kier molecular flexibility index (Phi) is 20.0. The molecule has 6 heteroatoms. The molecule has 1 spiro atoms. The summed E-state index contributed by atoms with van der Waals surface area (Å²) in [7, 11) is 0. The summed E-state index contributed by atoms with van der Waals surface area (Å²) in [5.74, 6) is 0.234. The zero-order chi connectivity index (χ0) is 30.0. The van der Waals surface area contributed by atoms with E-state index in [1.165, 1.54) is 117 Å². The average molecular weight is 794 g/mol. The van der Waals surface area contributed by atoms with Crippen molar-refractivity contribution < 1.29 is 15.6 Å². The average Bonchev–Trinajstić information content (AvgIpc) is 3.00. The topological polar surface area (TPSA) is 36.9 Å². The second-order valence-corrected chi connectivity index (χ2v) is 37.3. The molecule has 41 heavy (non-hydrogen) atoms. The van der Waals surface area contributed by atoms with Gasteiger partial charge in [-0.25, -0.2) is 0 Å². The van der Waals surface area contributed by atoms with Crippen LogP contribution in [0.5, 0.6) is 0 Å². The second-order valence-electron chi connectivity index (χ2n) is 13.8. The maximum absolute atomic E-state index is 7.80. The first-order valence-corrected chi connectivity index (χ1v) is 33.0. The minimum absolute atomic E-state index is 0.121. The Bertz CT molecular complexity index is 609. The maximum atomic E-state index is 7.80. The molecular formula is C35H72O4Sn2. The molecule has 0 saturated carbocycles. The molecule has 4 atom stereocenters. The van der Waals surface area contributed by atoms with Crippen LogP contribution in [-0.2, 0) is 15.6 Å². The van der Waals surface area contributed by atoms with E-state index in [9.17, 15) is 0 Å². The SMILES string of the molecule is CCC[CH2][Sn]([CH2]CCC)([CH2]CCC)[O][C@H]1C[C@@]2(CC[C@@H](CC)CO2)OC[C@H]1[O][Sn]([CH2]CCC)([CH2]CCC)[CH2]CCC. The van der Waals surface area contributed by atoms with E-state index in [0.29, 0.717) is 12.5 Å². The van der Waals surface area contributed by atoms with E-state index in [2.05, 4.69) is 48.5 Å². The quantitative estimate of drug-likeness (QED) is 0.0966. The molecule has 244 valence electrons. The summed E-state index contributed by atoms with van der Waals surface area (Å²) in [6.45, 7) is 18.0. The van der Waals surface area contributed by atoms with Crippen LogP contribution in [-0.4, -0.2) is 68.8 Å². The molecule has 0 N–H and O–H groups in total. The van der Waals surface area contributed by atoms with Crippen LogP contribution in [0, 0.1) is 5.92 Å². The number of hydrogen-bond acceptors (Lipinski definition) is 4. The van der Waals surface area contributed by atoms with Crippen LogP contribution in [0.25, 0.3) is 0 Å². The fourth-order valence-corrected chi connectivity index (χ4v) is 35.6. The van der Waals surface area contributed by atoms with Crippen molar-refractivity contribution in [2.75, 3.05) is 13.2 Å². The van der Waals surface area contributed by atoms with Crippen LogP contribution in [0.2, 0.25) is 26.6 Å². The van der Waals surface area contributed by atoms with Crippen LogP contribution in [0.15, 0.2) is 0 Å². The van der Waals surface area contributed by atoms with E-state index >= 15 is 0 Å². The summed E-state index contributed by atoms with van der Waals surface area (Å²) in [5, 5.41) is 0. The Morgan fingerprint density at radius 1 is 0.561 bits per heavy atom. The molecule has 4 nitrogen and oxygen atoms in total. The number of unbranched alkanes of at least 4 members (excludes halogenated alkanes) is 6. The van der Waals surface area contributed by atoms with Crippen molar-refractivity contribution in [2.24, 2.45) is 5.92 Å². The third-order valence-corrected chi connectivity index (χ3v) is 36.5. The summed E-state index contributed by atoms with van der Waals surface area (Å²) < 4.78 is 37.2. The summed E-state index contributed by atoms with van der Waals surface area (Å²) in [6.07, 6.45) is 20.3. The van der Waals surface area contributed by atoms with Gasteiger partial charge in [-0.1, -0.05) is 0 Å². The van der Waals surface area contributed by atoms with Gasteiger partial charge in [0, 0.05) is 0 Å². The fourth-order valence-electron chi connectivity index (χ4n) is 7.25. The van der Waals surface area contributed by atoms with Gasteiger partial charge in [0.1, 0.15) is 0 Å². The van der Waals surface area contributed by atoms with Crippen molar-refractivity contribution in [1.82, 2.24) is 0 Å². The Morgan fingerprint density at radius 3 is 1.29 bits per heavy atom. The van der Waals surface area contributed by atoms with Gasteiger partial charge in [-0.15, -0.1) is 0 Å². The van der Waals surface area contributed by atoms with Crippen LogP contribution < -0.4 is 0 Å². The summed E-state index contributed by atoms with van der Waals surface area (Å²) in [6, 6.07) is 0. The van der Waals surface area contributed by atoms with Crippen molar-refractivity contribution in [1.29, 1.82) is 0 Å². The summed E-state index contributed by atoms with van der Waals surface area (Å²) in [5.41, 5.74) is 0. The van der Waals surface area contributed by atoms with Crippen LogP contribution in [0.3, 0.4) is 0 Å². The van der Waals surface area contributed by atoms with E-state index in [1.807, 2.05) is 0 Å². The molecule has 2 rings (SSSR count). The fraction of sp³-hybridized carbons (Fsp3) is 1.00. The zero-order valence-electron chi connectivity index (χ0n) is 28.8. The normalized spacial score (nSPS) is 25.7. The van der Waals surface area contributed by atoms with Crippen LogP contribution >= 0.6 is 0 Å². The molecule has 0 aromatic heterocycles. The number of hydrogen-bond donors (Lipinski definition) is 0. The first-order valence-electron chi connectivity index (χ1n) is 18.5. The molecule has 0 amide bonds. The van der Waals surface area contributed by atoms with Gasteiger partial charge in [0.25, 0.3) is 0 Å². The minimum atomic E-state index is -2.86. The van der Waals surface area contributed by atoms with Gasteiger partial charge >= 0.3 is 268 Å². The molecule has 0 aromatic carbocycles. The molecule has 2 aliphatic rings. The van der Waals surface area contributed by atoms with Gasteiger partial charge in [0.2, 0.25) is 0 Å². The Balaban J connectivity index is 2.43. The van der Waals surface area contributed by atoms with Gasteiger partial charge in [-0.3, -0.25) is 0 Å². The third kappa shape index (κ3) is 13.0. The van der Waals surface area contributed by atoms with E-state index in [-0.39, 0.29) is 12.2 Å². The van der Waals surface area contributed by atoms with Gasteiger partial charge in [-0.2, -0.15) is 0 Å². The summed E-state index contributed by atoms with van der Waals surface area (Å²) >= 11 is -5.71. The third-order valence-electron chi connectivity index (χ3n) is 10.2. The van der Waals surface area contributed by atoms with Crippen molar-refractivity contribution in [3.8, 4) is 0 Å². The van der Waals surface area contributed by atoms with E-state index in [0.717, 1.165) is 19.4 Å². The van der Waals surface area contributed by atoms with E-state index in [1.54, 1.807) is 0 Å². The van der Waals surface area contributed by atoms with Gasteiger partial charge in [0.15, 0.2) is 0 Å². The van der Waals surface area contributed by atoms with Crippen molar-refractivity contribution in [2.45, 2.75) is 196 Å². The molecule has 0 bridgehead atoms. The molecule has 2 heterocycles. The Morgan fingerprint density at radius 2 is 0.951 bits per heavy atom. The molecule has 2 aliphatic heterocycles. The Hall–Kier alpha value is 1.44. The van der Waals surface area contributed by atoms with Crippen molar-refractivity contribution >= 4 is 37.6 Å². The first-order chi connectivity index (χ1) is 19.9. The molecule has 0 aliphatic carbocycles. The van der Waals surface area contributed by atoms with Gasteiger partial charge < -0.3 is 0 Å². The number of rotatable bonds is 23.